The third-order valence-corrected chi connectivity index (χ3v) is 4.76. The highest BCUT2D eigenvalue weighted by Crippen LogP contribution is 2.35. The van der Waals surface area contributed by atoms with Gasteiger partial charge in [-0.2, -0.15) is 0 Å². The lowest BCUT2D eigenvalue weighted by molar-refractivity contribution is -0.144. The van der Waals surface area contributed by atoms with Gasteiger partial charge in [0.15, 0.2) is 0 Å². The molecule has 29 heavy (non-hydrogen) atoms. The lowest BCUT2D eigenvalue weighted by Crippen LogP contribution is -2.34. The van der Waals surface area contributed by atoms with Crippen LogP contribution in [0.2, 0.25) is 0 Å². The molecule has 0 aliphatic heterocycles. The molecule has 0 fully saturated rings. The smallest absolute Gasteiger partial charge is 0.323 e. The van der Waals surface area contributed by atoms with Gasteiger partial charge in [0.1, 0.15) is 6.04 Å². The number of carbonyl (C=O) groups excluding carboxylic acids is 1. The molecule has 1 atom stereocenters. The molecule has 0 aromatic heterocycles. The van der Waals surface area contributed by atoms with Gasteiger partial charge in [-0.05, 0) is 80.3 Å². The molecule has 0 amide bonds. The number of nitrogens with two attached hydrogens (primary N) is 1. The maximum atomic E-state index is 11.8. The first-order valence-corrected chi connectivity index (χ1v) is 9.92. The Labute approximate surface area is 172 Å². The first-order valence-electron chi connectivity index (χ1n) is 9.92. The third-order valence-electron chi connectivity index (χ3n) is 4.76. The molecule has 0 bridgehead atoms. The van der Waals surface area contributed by atoms with Gasteiger partial charge in [-0.25, -0.2) is 0 Å². The van der Waals surface area contributed by atoms with Crippen LogP contribution < -0.4 is 10.6 Å². The lowest BCUT2D eigenvalue weighted by Gasteiger charge is -2.26. The van der Waals surface area contributed by atoms with Crippen molar-refractivity contribution in [2.75, 3.05) is 11.5 Å². The summed E-state index contributed by atoms with van der Waals surface area (Å²) in [4.78, 5) is 14.0. The molecule has 4 heteroatoms. The van der Waals surface area contributed by atoms with Gasteiger partial charge in [-0.1, -0.05) is 36.4 Å². The summed E-state index contributed by atoms with van der Waals surface area (Å²) < 4.78 is 5.00. The number of hydrogen-bond acceptors (Lipinski definition) is 4. The van der Waals surface area contributed by atoms with E-state index < -0.39 is 6.04 Å². The van der Waals surface area contributed by atoms with E-state index in [-0.39, 0.29) is 5.97 Å². The van der Waals surface area contributed by atoms with Crippen molar-refractivity contribution in [3.8, 4) is 0 Å². The number of rotatable bonds is 7. The second-order valence-electron chi connectivity index (χ2n) is 7.24. The Bertz CT molecular complexity index is 921. The molecular formula is C25H28N2O2. The Morgan fingerprint density at radius 1 is 0.897 bits per heavy atom. The molecule has 3 aromatic carbocycles. The van der Waals surface area contributed by atoms with Crippen molar-refractivity contribution in [1.29, 1.82) is 0 Å². The third kappa shape index (κ3) is 5.24. The number of ether oxygens (including phenoxy) is 1. The predicted molar refractivity (Wildman–Crippen MR) is 119 cm³/mol. The van der Waals surface area contributed by atoms with Gasteiger partial charge in [-0.15, -0.1) is 0 Å². The van der Waals surface area contributed by atoms with Crippen molar-refractivity contribution in [2.45, 2.75) is 33.2 Å². The van der Waals surface area contributed by atoms with Crippen LogP contribution in [0, 0.1) is 13.8 Å². The minimum absolute atomic E-state index is 0.341. The van der Waals surface area contributed by atoms with E-state index in [1.807, 2.05) is 12.1 Å². The van der Waals surface area contributed by atoms with E-state index in [2.05, 4.69) is 79.4 Å². The van der Waals surface area contributed by atoms with Crippen molar-refractivity contribution in [2.24, 2.45) is 5.73 Å². The van der Waals surface area contributed by atoms with Crippen LogP contribution in [0.25, 0.3) is 0 Å². The Balaban J connectivity index is 1.91. The first-order chi connectivity index (χ1) is 14.0. The summed E-state index contributed by atoms with van der Waals surface area (Å²) in [5, 5.41) is 0. The second kappa shape index (κ2) is 9.39. The normalized spacial score (nSPS) is 11.7. The average Bonchev–Trinajstić information content (AvgIpc) is 2.70. The molecule has 0 saturated carbocycles. The number of benzene rings is 3. The average molecular weight is 389 g/mol. The predicted octanol–water partition coefficient (Wildman–Crippen LogP) is 5.21. The van der Waals surface area contributed by atoms with E-state index in [1.54, 1.807) is 6.92 Å². The fourth-order valence-electron chi connectivity index (χ4n) is 3.35. The SMILES string of the molecule is CCOC(=O)C(N)Cc1ccc(N(c2cccc(C)c2)c2cccc(C)c2)cc1. The monoisotopic (exact) mass is 388 g/mol. The summed E-state index contributed by atoms with van der Waals surface area (Å²) in [6, 6.07) is 24.4. The molecule has 0 aliphatic carbocycles. The fourth-order valence-corrected chi connectivity index (χ4v) is 3.35. The van der Waals surface area contributed by atoms with Crippen LogP contribution in [0.15, 0.2) is 72.8 Å². The highest BCUT2D eigenvalue weighted by atomic mass is 16.5. The number of esters is 1. The van der Waals surface area contributed by atoms with Crippen LogP contribution in [0.1, 0.15) is 23.6 Å². The summed E-state index contributed by atoms with van der Waals surface area (Å²) in [5.74, 6) is -0.363. The highest BCUT2D eigenvalue weighted by Gasteiger charge is 2.16. The first kappa shape index (κ1) is 20.6. The minimum atomic E-state index is -0.648. The molecule has 3 aromatic rings. The van der Waals surface area contributed by atoms with Gasteiger partial charge in [-0.3, -0.25) is 4.79 Å². The van der Waals surface area contributed by atoms with E-state index in [0.29, 0.717) is 13.0 Å². The Morgan fingerprint density at radius 3 is 1.93 bits per heavy atom. The second-order valence-corrected chi connectivity index (χ2v) is 7.24. The molecule has 0 aliphatic rings. The number of carbonyl (C=O) groups is 1. The molecule has 0 spiro atoms. The maximum Gasteiger partial charge on any atom is 0.323 e. The van der Waals surface area contributed by atoms with E-state index in [4.69, 9.17) is 10.5 Å². The van der Waals surface area contributed by atoms with Gasteiger partial charge in [0.2, 0.25) is 0 Å². The van der Waals surface area contributed by atoms with Crippen molar-refractivity contribution in [1.82, 2.24) is 0 Å². The molecule has 1 unspecified atom stereocenters. The topological polar surface area (TPSA) is 55.6 Å². The summed E-state index contributed by atoms with van der Waals surface area (Å²) >= 11 is 0. The fraction of sp³-hybridized carbons (Fsp3) is 0.240. The molecule has 0 radical (unpaired) electrons. The van der Waals surface area contributed by atoms with Crippen LogP contribution in [0.4, 0.5) is 17.1 Å². The zero-order valence-electron chi connectivity index (χ0n) is 17.3. The van der Waals surface area contributed by atoms with Crippen LogP contribution >= 0.6 is 0 Å². The quantitative estimate of drug-likeness (QED) is 0.565. The lowest BCUT2D eigenvalue weighted by atomic mass is 10.1. The molecule has 4 nitrogen and oxygen atoms in total. The van der Waals surface area contributed by atoms with Crippen LogP contribution in [-0.4, -0.2) is 18.6 Å². The van der Waals surface area contributed by atoms with Crippen molar-refractivity contribution in [3.05, 3.63) is 89.5 Å². The van der Waals surface area contributed by atoms with Crippen LogP contribution in [-0.2, 0) is 16.0 Å². The molecule has 0 heterocycles. The number of aryl methyl sites for hydroxylation is 2. The Kier molecular flexibility index (Phi) is 6.68. The molecular weight excluding hydrogens is 360 g/mol. The van der Waals surface area contributed by atoms with E-state index in [0.717, 1.165) is 22.6 Å². The minimum Gasteiger partial charge on any atom is -0.465 e. The Hall–Kier alpha value is -3.11. The van der Waals surface area contributed by atoms with E-state index in [1.165, 1.54) is 11.1 Å². The van der Waals surface area contributed by atoms with E-state index in [9.17, 15) is 4.79 Å². The Morgan fingerprint density at radius 2 is 1.45 bits per heavy atom. The van der Waals surface area contributed by atoms with Crippen molar-refractivity contribution >= 4 is 23.0 Å². The summed E-state index contributed by atoms with van der Waals surface area (Å²) in [5.41, 5.74) is 12.6. The van der Waals surface area contributed by atoms with Gasteiger partial charge < -0.3 is 15.4 Å². The van der Waals surface area contributed by atoms with Gasteiger partial charge >= 0.3 is 5.97 Å². The summed E-state index contributed by atoms with van der Waals surface area (Å²) in [6.45, 7) is 6.31. The zero-order valence-corrected chi connectivity index (χ0v) is 17.3. The van der Waals surface area contributed by atoms with Crippen molar-refractivity contribution in [3.63, 3.8) is 0 Å². The largest absolute Gasteiger partial charge is 0.465 e. The van der Waals surface area contributed by atoms with Crippen LogP contribution in [0.3, 0.4) is 0 Å². The van der Waals surface area contributed by atoms with E-state index >= 15 is 0 Å². The summed E-state index contributed by atoms with van der Waals surface area (Å²) in [7, 11) is 0. The van der Waals surface area contributed by atoms with Gasteiger partial charge in [0.05, 0.1) is 6.61 Å². The maximum absolute atomic E-state index is 11.8. The number of nitrogens with zero attached hydrogens (tertiary/aromatic N) is 1. The number of hydrogen-bond donors (Lipinski definition) is 1. The van der Waals surface area contributed by atoms with Gasteiger partial charge in [0, 0.05) is 17.1 Å². The zero-order chi connectivity index (χ0) is 20.8. The summed E-state index contributed by atoms with van der Waals surface area (Å²) in [6.07, 6.45) is 0.452. The highest BCUT2D eigenvalue weighted by molar-refractivity contribution is 5.78. The van der Waals surface area contributed by atoms with Crippen LogP contribution in [0.5, 0.6) is 0 Å². The molecule has 0 saturated heterocycles. The standard InChI is InChI=1S/C25H28N2O2/c1-4-29-25(28)24(26)17-20-11-13-21(14-12-20)27(22-9-5-7-18(2)15-22)23-10-6-8-19(3)16-23/h5-16,24H,4,17,26H2,1-3H3. The van der Waals surface area contributed by atoms with Crippen molar-refractivity contribution < 1.29 is 9.53 Å². The van der Waals surface area contributed by atoms with Gasteiger partial charge in [0.25, 0.3) is 0 Å². The number of anilines is 3. The molecule has 3 rings (SSSR count). The molecule has 150 valence electrons. The molecule has 2 N–H and O–H groups in total.